The molecule has 104 valence electrons. The van der Waals surface area contributed by atoms with Crippen LogP contribution in [0.3, 0.4) is 0 Å². The molecule has 1 saturated carbocycles. The summed E-state index contributed by atoms with van der Waals surface area (Å²) in [4.78, 5) is 11.4. The topological polar surface area (TPSA) is 52.3 Å². The summed E-state index contributed by atoms with van der Waals surface area (Å²) in [6, 6.07) is 11.0. The van der Waals surface area contributed by atoms with Crippen molar-refractivity contribution in [3.05, 3.63) is 46.8 Å². The van der Waals surface area contributed by atoms with Crippen molar-refractivity contribution in [1.29, 1.82) is 0 Å². The fraction of sp³-hybridized carbons (Fsp3) is 0.375. The van der Waals surface area contributed by atoms with Gasteiger partial charge in [0, 0.05) is 5.56 Å². The Morgan fingerprint density at radius 2 is 1.85 bits per heavy atom. The van der Waals surface area contributed by atoms with Crippen molar-refractivity contribution in [2.45, 2.75) is 38.2 Å². The highest BCUT2D eigenvalue weighted by molar-refractivity contribution is 5.64. The Labute approximate surface area is 117 Å². The normalized spacial score (nSPS) is 16.0. The molecule has 1 aliphatic carbocycles. The van der Waals surface area contributed by atoms with Gasteiger partial charge in [0.15, 0.2) is 11.4 Å². The zero-order valence-corrected chi connectivity index (χ0v) is 11.2. The van der Waals surface area contributed by atoms with Gasteiger partial charge in [-0.3, -0.25) is 0 Å². The van der Waals surface area contributed by atoms with Crippen LogP contribution in [0.5, 0.6) is 5.75 Å². The summed E-state index contributed by atoms with van der Waals surface area (Å²) in [5.74, 6) is 0.527. The number of nitrogens with zero attached hydrogens (tertiary/aromatic N) is 1. The number of benzene rings is 1. The minimum Gasteiger partial charge on any atom is -0.488 e. The van der Waals surface area contributed by atoms with Crippen molar-refractivity contribution in [3.8, 4) is 17.0 Å². The zero-order chi connectivity index (χ0) is 13.8. The molecular weight excluding hydrogens is 254 g/mol. The lowest BCUT2D eigenvalue weighted by Gasteiger charge is -2.23. The van der Waals surface area contributed by atoms with Gasteiger partial charge in [-0.2, -0.15) is 0 Å². The van der Waals surface area contributed by atoms with Gasteiger partial charge in [0.25, 0.3) is 0 Å². The number of hydrogen-bond donors (Lipinski definition) is 0. The molecule has 20 heavy (non-hydrogen) atoms. The number of ether oxygens (including phenoxy) is 1. The summed E-state index contributed by atoms with van der Waals surface area (Å²) in [5.41, 5.74) is 1.01. The SMILES string of the molecule is O=c1cc(OC2CCCCC2)c(-c2ccccc2)no1. The fourth-order valence-corrected chi connectivity index (χ4v) is 2.58. The molecule has 0 unspecified atom stereocenters. The van der Waals surface area contributed by atoms with Crippen molar-refractivity contribution in [1.82, 2.24) is 5.16 Å². The van der Waals surface area contributed by atoms with Gasteiger partial charge in [0.2, 0.25) is 0 Å². The molecule has 0 bridgehead atoms. The molecule has 1 aromatic carbocycles. The maximum absolute atomic E-state index is 11.4. The molecule has 2 aromatic rings. The largest absolute Gasteiger partial charge is 0.488 e. The molecule has 1 aliphatic rings. The first kappa shape index (κ1) is 12.9. The van der Waals surface area contributed by atoms with Crippen LogP contribution in [0.4, 0.5) is 0 Å². The standard InChI is InChI=1S/C16H17NO3/c18-15-11-14(19-13-9-5-2-6-10-13)16(17-20-15)12-7-3-1-4-8-12/h1,3-4,7-8,11,13H,2,5-6,9-10H2. The highest BCUT2D eigenvalue weighted by atomic mass is 16.5. The van der Waals surface area contributed by atoms with Crippen molar-refractivity contribution in [3.63, 3.8) is 0 Å². The van der Waals surface area contributed by atoms with Gasteiger partial charge in [-0.25, -0.2) is 4.79 Å². The molecule has 0 amide bonds. The van der Waals surface area contributed by atoms with E-state index in [0.717, 1.165) is 18.4 Å². The van der Waals surface area contributed by atoms with Gasteiger partial charge in [-0.05, 0) is 25.7 Å². The molecule has 3 rings (SSSR count). The summed E-state index contributed by atoms with van der Waals surface area (Å²) in [7, 11) is 0. The first-order chi connectivity index (χ1) is 9.83. The second kappa shape index (κ2) is 5.90. The Morgan fingerprint density at radius 1 is 1.10 bits per heavy atom. The summed E-state index contributed by atoms with van der Waals surface area (Å²) in [5, 5.41) is 3.90. The van der Waals surface area contributed by atoms with E-state index in [0.29, 0.717) is 11.4 Å². The maximum Gasteiger partial charge on any atom is 0.362 e. The van der Waals surface area contributed by atoms with Crippen LogP contribution in [0.1, 0.15) is 32.1 Å². The second-order valence-corrected chi connectivity index (χ2v) is 5.10. The van der Waals surface area contributed by atoms with Gasteiger partial charge in [-0.1, -0.05) is 41.9 Å². The van der Waals surface area contributed by atoms with E-state index in [1.165, 1.54) is 25.3 Å². The Kier molecular flexibility index (Phi) is 3.81. The van der Waals surface area contributed by atoms with Crippen LogP contribution in [0.15, 0.2) is 45.7 Å². The van der Waals surface area contributed by atoms with Crippen LogP contribution in [-0.2, 0) is 0 Å². The van der Waals surface area contributed by atoms with Gasteiger partial charge in [0.05, 0.1) is 12.2 Å². The van der Waals surface area contributed by atoms with Crippen LogP contribution in [0.2, 0.25) is 0 Å². The van der Waals surface area contributed by atoms with E-state index < -0.39 is 5.63 Å². The number of hydrogen-bond acceptors (Lipinski definition) is 4. The molecule has 0 radical (unpaired) electrons. The monoisotopic (exact) mass is 271 g/mol. The van der Waals surface area contributed by atoms with Crippen LogP contribution in [0.25, 0.3) is 11.3 Å². The predicted octanol–water partition coefficient (Wildman–Crippen LogP) is 3.41. The Morgan fingerprint density at radius 3 is 2.60 bits per heavy atom. The minimum absolute atomic E-state index is 0.176. The van der Waals surface area contributed by atoms with Gasteiger partial charge < -0.3 is 9.26 Å². The smallest absolute Gasteiger partial charge is 0.362 e. The van der Waals surface area contributed by atoms with E-state index in [-0.39, 0.29) is 6.10 Å². The number of aromatic nitrogens is 1. The quantitative estimate of drug-likeness (QED) is 0.858. The molecule has 4 nitrogen and oxygen atoms in total. The van der Waals surface area contributed by atoms with Crippen LogP contribution in [0, 0.1) is 0 Å². The second-order valence-electron chi connectivity index (χ2n) is 5.10. The van der Waals surface area contributed by atoms with E-state index in [1.807, 2.05) is 30.3 Å². The molecule has 0 saturated heterocycles. The molecule has 1 heterocycles. The molecule has 0 atom stereocenters. The first-order valence-electron chi connectivity index (χ1n) is 7.06. The molecule has 4 heteroatoms. The Hall–Kier alpha value is -2.10. The number of rotatable bonds is 3. The first-order valence-corrected chi connectivity index (χ1v) is 7.06. The fourth-order valence-electron chi connectivity index (χ4n) is 2.58. The summed E-state index contributed by atoms with van der Waals surface area (Å²) in [6.45, 7) is 0. The third-order valence-corrected chi connectivity index (χ3v) is 3.60. The minimum atomic E-state index is -0.476. The molecule has 0 spiro atoms. The van der Waals surface area contributed by atoms with Crippen molar-refractivity contribution < 1.29 is 9.26 Å². The third kappa shape index (κ3) is 2.90. The van der Waals surface area contributed by atoms with Crippen LogP contribution >= 0.6 is 0 Å². The van der Waals surface area contributed by atoms with Gasteiger partial charge >= 0.3 is 5.63 Å². The average Bonchev–Trinajstić information content (AvgIpc) is 2.49. The predicted molar refractivity (Wildman–Crippen MR) is 75.7 cm³/mol. The lowest BCUT2D eigenvalue weighted by molar-refractivity contribution is 0.152. The van der Waals surface area contributed by atoms with E-state index in [4.69, 9.17) is 9.26 Å². The molecular formula is C16H17NO3. The van der Waals surface area contributed by atoms with Gasteiger partial charge in [0.1, 0.15) is 0 Å². The van der Waals surface area contributed by atoms with Crippen LogP contribution < -0.4 is 10.4 Å². The third-order valence-electron chi connectivity index (χ3n) is 3.60. The lowest BCUT2D eigenvalue weighted by atomic mass is 9.98. The van der Waals surface area contributed by atoms with Crippen molar-refractivity contribution in [2.24, 2.45) is 0 Å². The zero-order valence-electron chi connectivity index (χ0n) is 11.2. The van der Waals surface area contributed by atoms with Crippen molar-refractivity contribution >= 4 is 0 Å². The summed E-state index contributed by atoms with van der Waals surface area (Å²) < 4.78 is 10.8. The van der Waals surface area contributed by atoms with E-state index >= 15 is 0 Å². The Bertz CT molecular complexity index is 615. The average molecular weight is 271 g/mol. The lowest BCUT2D eigenvalue weighted by Crippen LogP contribution is -2.21. The van der Waals surface area contributed by atoms with Crippen molar-refractivity contribution in [2.75, 3.05) is 0 Å². The van der Waals surface area contributed by atoms with E-state index in [1.54, 1.807) is 0 Å². The molecule has 1 fully saturated rings. The maximum atomic E-state index is 11.4. The summed E-state index contributed by atoms with van der Waals surface area (Å²) in [6.07, 6.45) is 5.87. The highest BCUT2D eigenvalue weighted by Gasteiger charge is 2.18. The van der Waals surface area contributed by atoms with Crippen LogP contribution in [-0.4, -0.2) is 11.3 Å². The van der Waals surface area contributed by atoms with E-state index in [9.17, 15) is 4.79 Å². The molecule has 0 aliphatic heterocycles. The highest BCUT2D eigenvalue weighted by Crippen LogP contribution is 2.29. The van der Waals surface area contributed by atoms with Gasteiger partial charge in [-0.15, -0.1) is 0 Å². The van der Waals surface area contributed by atoms with E-state index in [2.05, 4.69) is 5.16 Å². The Balaban J connectivity index is 1.92. The summed E-state index contributed by atoms with van der Waals surface area (Å²) >= 11 is 0. The molecule has 0 N–H and O–H groups in total. The molecule has 1 aromatic heterocycles.